The van der Waals surface area contributed by atoms with E-state index in [1.54, 1.807) is 6.20 Å². The van der Waals surface area contributed by atoms with E-state index in [2.05, 4.69) is 15.3 Å². The van der Waals surface area contributed by atoms with Gasteiger partial charge in [-0.05, 0) is 37.5 Å². The van der Waals surface area contributed by atoms with Crippen molar-refractivity contribution >= 4 is 11.6 Å². The van der Waals surface area contributed by atoms with E-state index >= 15 is 0 Å². The molecule has 1 atom stereocenters. The molecule has 5 heteroatoms. The number of benzene rings is 1. The highest BCUT2D eigenvalue weighted by Crippen LogP contribution is 2.21. The molecule has 0 aliphatic rings. The number of anilines is 1. The first-order valence-corrected chi connectivity index (χ1v) is 7.42. The molecule has 1 aromatic carbocycles. The third kappa shape index (κ3) is 4.36. The molecular formula is C17H22N4O. The van der Waals surface area contributed by atoms with Crippen molar-refractivity contribution in [3.63, 3.8) is 0 Å². The molecule has 1 aromatic heterocycles. The van der Waals surface area contributed by atoms with Crippen LogP contribution in [0.25, 0.3) is 11.3 Å². The predicted molar refractivity (Wildman–Crippen MR) is 88.3 cm³/mol. The molecule has 0 radical (unpaired) electrons. The van der Waals surface area contributed by atoms with Gasteiger partial charge in [0.15, 0.2) is 0 Å². The Morgan fingerprint density at radius 1 is 1.32 bits per heavy atom. The third-order valence-electron chi connectivity index (χ3n) is 3.26. The molecule has 1 heterocycles. The Morgan fingerprint density at radius 3 is 2.77 bits per heavy atom. The summed E-state index contributed by atoms with van der Waals surface area (Å²) in [7, 11) is 0. The van der Waals surface area contributed by atoms with Gasteiger partial charge in [0.1, 0.15) is 5.82 Å². The largest absolute Gasteiger partial charge is 0.325 e. The van der Waals surface area contributed by atoms with Crippen LogP contribution in [0.15, 0.2) is 36.5 Å². The number of nitrogens with zero attached hydrogens (tertiary/aromatic N) is 2. The monoisotopic (exact) mass is 298 g/mol. The highest BCUT2D eigenvalue weighted by molar-refractivity contribution is 5.95. The third-order valence-corrected chi connectivity index (χ3v) is 3.26. The van der Waals surface area contributed by atoms with E-state index in [0.717, 1.165) is 16.9 Å². The Bertz CT molecular complexity index is 655. The van der Waals surface area contributed by atoms with Crippen LogP contribution in [-0.4, -0.2) is 21.9 Å². The lowest BCUT2D eigenvalue weighted by Crippen LogP contribution is -2.36. The van der Waals surface area contributed by atoms with Crippen LogP contribution in [0.3, 0.4) is 0 Å². The molecule has 0 unspecified atom stereocenters. The first-order valence-electron chi connectivity index (χ1n) is 7.42. The van der Waals surface area contributed by atoms with Crippen LogP contribution < -0.4 is 11.1 Å². The van der Waals surface area contributed by atoms with E-state index in [9.17, 15) is 4.79 Å². The average Bonchev–Trinajstić information content (AvgIpc) is 2.47. The van der Waals surface area contributed by atoms with Gasteiger partial charge in [-0.15, -0.1) is 0 Å². The van der Waals surface area contributed by atoms with Crippen molar-refractivity contribution < 1.29 is 4.79 Å². The molecule has 116 valence electrons. The van der Waals surface area contributed by atoms with E-state index in [1.165, 1.54) is 0 Å². The molecule has 0 spiro atoms. The summed E-state index contributed by atoms with van der Waals surface area (Å²) in [5, 5.41) is 2.86. The molecule has 2 rings (SSSR count). The minimum absolute atomic E-state index is 0.162. The number of nitrogens with two attached hydrogens (primary N) is 1. The van der Waals surface area contributed by atoms with Crippen molar-refractivity contribution in [2.45, 2.75) is 33.2 Å². The molecule has 0 aliphatic heterocycles. The molecule has 0 saturated heterocycles. The van der Waals surface area contributed by atoms with Crippen LogP contribution in [0, 0.1) is 12.8 Å². The van der Waals surface area contributed by atoms with Gasteiger partial charge in [-0.3, -0.25) is 4.79 Å². The maximum atomic E-state index is 12.1. The number of carbonyl (C=O) groups is 1. The number of rotatable bonds is 5. The Morgan fingerprint density at radius 2 is 2.09 bits per heavy atom. The Balaban J connectivity index is 2.13. The van der Waals surface area contributed by atoms with Crippen molar-refractivity contribution in [2.24, 2.45) is 11.7 Å². The second-order valence-electron chi connectivity index (χ2n) is 5.80. The number of aromatic nitrogens is 2. The zero-order chi connectivity index (χ0) is 16.1. The fourth-order valence-corrected chi connectivity index (χ4v) is 2.22. The number of aryl methyl sites for hydroxylation is 1. The van der Waals surface area contributed by atoms with Gasteiger partial charge in [0.2, 0.25) is 5.91 Å². The molecule has 2 aromatic rings. The molecular weight excluding hydrogens is 276 g/mol. The fourth-order valence-electron chi connectivity index (χ4n) is 2.22. The van der Waals surface area contributed by atoms with Crippen molar-refractivity contribution in [1.29, 1.82) is 0 Å². The SMILES string of the molecule is Cc1nccc(-c2cccc(NC(=O)[C@@H](N)CC(C)C)c2)n1. The average molecular weight is 298 g/mol. The molecule has 5 nitrogen and oxygen atoms in total. The van der Waals surface area contributed by atoms with Crippen molar-refractivity contribution in [3.8, 4) is 11.3 Å². The van der Waals surface area contributed by atoms with E-state index in [0.29, 0.717) is 18.2 Å². The Labute approximate surface area is 131 Å². The lowest BCUT2D eigenvalue weighted by molar-refractivity contribution is -0.117. The number of hydrogen-bond donors (Lipinski definition) is 2. The summed E-state index contributed by atoms with van der Waals surface area (Å²) in [6, 6.07) is 8.92. The fraction of sp³-hybridized carbons (Fsp3) is 0.353. The van der Waals surface area contributed by atoms with Gasteiger partial charge < -0.3 is 11.1 Å². The van der Waals surface area contributed by atoms with Crippen LogP contribution >= 0.6 is 0 Å². The zero-order valence-electron chi connectivity index (χ0n) is 13.2. The number of carbonyl (C=O) groups excluding carboxylic acids is 1. The summed E-state index contributed by atoms with van der Waals surface area (Å²) < 4.78 is 0. The van der Waals surface area contributed by atoms with E-state index < -0.39 is 6.04 Å². The topological polar surface area (TPSA) is 80.9 Å². The zero-order valence-corrected chi connectivity index (χ0v) is 13.2. The van der Waals surface area contributed by atoms with Gasteiger partial charge in [0.25, 0.3) is 0 Å². The number of nitrogens with one attached hydrogen (secondary N) is 1. The first-order chi connectivity index (χ1) is 10.5. The lowest BCUT2D eigenvalue weighted by atomic mass is 10.0. The van der Waals surface area contributed by atoms with Gasteiger partial charge >= 0.3 is 0 Å². The summed E-state index contributed by atoms with van der Waals surface area (Å²) in [6.07, 6.45) is 2.39. The Kier molecular flexibility index (Phi) is 5.22. The normalized spacial score (nSPS) is 12.2. The Hall–Kier alpha value is -2.27. The van der Waals surface area contributed by atoms with Crippen LogP contribution in [-0.2, 0) is 4.79 Å². The van der Waals surface area contributed by atoms with Crippen LogP contribution in [0.1, 0.15) is 26.1 Å². The molecule has 22 heavy (non-hydrogen) atoms. The molecule has 0 bridgehead atoms. The van der Waals surface area contributed by atoms with Gasteiger partial charge in [0, 0.05) is 17.4 Å². The van der Waals surface area contributed by atoms with Crippen molar-refractivity contribution in [2.75, 3.05) is 5.32 Å². The van der Waals surface area contributed by atoms with Crippen LogP contribution in [0.2, 0.25) is 0 Å². The highest BCUT2D eigenvalue weighted by Gasteiger charge is 2.15. The quantitative estimate of drug-likeness (QED) is 0.889. The summed E-state index contributed by atoms with van der Waals surface area (Å²) in [5.41, 5.74) is 8.38. The minimum Gasteiger partial charge on any atom is -0.325 e. The summed E-state index contributed by atoms with van der Waals surface area (Å²) >= 11 is 0. The van der Waals surface area contributed by atoms with Gasteiger partial charge in [0.05, 0.1) is 11.7 Å². The van der Waals surface area contributed by atoms with Crippen molar-refractivity contribution in [3.05, 3.63) is 42.4 Å². The molecule has 0 fully saturated rings. The van der Waals surface area contributed by atoms with Crippen molar-refractivity contribution in [1.82, 2.24) is 9.97 Å². The molecule has 0 aliphatic carbocycles. The number of amides is 1. The highest BCUT2D eigenvalue weighted by atomic mass is 16.2. The standard InChI is InChI=1S/C17H22N4O/c1-11(2)9-15(18)17(22)21-14-6-4-5-13(10-14)16-7-8-19-12(3)20-16/h4-8,10-11,15H,9,18H2,1-3H3,(H,21,22)/t15-/m0/s1. The van der Waals surface area contributed by atoms with Gasteiger partial charge in [-0.1, -0.05) is 26.0 Å². The maximum Gasteiger partial charge on any atom is 0.241 e. The maximum absolute atomic E-state index is 12.1. The predicted octanol–water partition coefficient (Wildman–Crippen LogP) is 2.76. The summed E-state index contributed by atoms with van der Waals surface area (Å²) in [5.74, 6) is 0.937. The molecule has 1 amide bonds. The van der Waals surface area contributed by atoms with Gasteiger partial charge in [-0.25, -0.2) is 9.97 Å². The smallest absolute Gasteiger partial charge is 0.241 e. The van der Waals surface area contributed by atoms with Crippen LogP contribution in [0.4, 0.5) is 5.69 Å². The summed E-state index contributed by atoms with van der Waals surface area (Å²) in [4.78, 5) is 20.6. The second kappa shape index (κ2) is 7.13. The first kappa shape index (κ1) is 16.1. The minimum atomic E-state index is -0.495. The second-order valence-corrected chi connectivity index (χ2v) is 5.80. The van der Waals surface area contributed by atoms with E-state index in [4.69, 9.17) is 5.73 Å². The summed E-state index contributed by atoms with van der Waals surface area (Å²) in [6.45, 7) is 5.94. The van der Waals surface area contributed by atoms with E-state index in [1.807, 2.05) is 51.1 Å². The molecule has 3 N–H and O–H groups in total. The number of hydrogen-bond acceptors (Lipinski definition) is 4. The molecule has 0 saturated carbocycles. The van der Waals surface area contributed by atoms with Gasteiger partial charge in [-0.2, -0.15) is 0 Å². The van der Waals surface area contributed by atoms with E-state index in [-0.39, 0.29) is 5.91 Å². The van der Waals surface area contributed by atoms with Crippen LogP contribution in [0.5, 0.6) is 0 Å². The lowest BCUT2D eigenvalue weighted by Gasteiger charge is -2.14.